The van der Waals surface area contributed by atoms with Crippen molar-refractivity contribution >= 4 is 27.6 Å². The molecular formula is C24H23N7. The molecule has 6 rings (SSSR count). The highest BCUT2D eigenvalue weighted by Crippen LogP contribution is 2.34. The van der Waals surface area contributed by atoms with Crippen LogP contribution in [0, 0.1) is 0 Å². The van der Waals surface area contributed by atoms with Gasteiger partial charge in [-0.3, -0.25) is 4.68 Å². The van der Waals surface area contributed by atoms with Crippen LogP contribution in [0.1, 0.15) is 6.42 Å². The summed E-state index contributed by atoms with van der Waals surface area (Å²) < 4.78 is 1.88. The average molecular weight is 409 g/mol. The number of nitrogens with one attached hydrogen (secondary N) is 1. The SMILES string of the molecule is Cn1nccc1-c1ccc2nc(-c3cccc4[nH]ccc34)nc(N3CC[C@H](N)C3)c2c1. The molecule has 7 heteroatoms. The Labute approximate surface area is 179 Å². The molecule has 4 heterocycles. The van der Waals surface area contributed by atoms with Gasteiger partial charge in [0.1, 0.15) is 5.82 Å². The summed E-state index contributed by atoms with van der Waals surface area (Å²) in [5.74, 6) is 1.69. The summed E-state index contributed by atoms with van der Waals surface area (Å²) in [7, 11) is 1.96. The highest BCUT2D eigenvalue weighted by atomic mass is 15.3. The van der Waals surface area contributed by atoms with Crippen LogP contribution in [0.4, 0.5) is 5.82 Å². The molecule has 1 atom stereocenters. The second-order valence-corrected chi connectivity index (χ2v) is 8.18. The number of anilines is 1. The Morgan fingerprint density at radius 3 is 2.81 bits per heavy atom. The smallest absolute Gasteiger partial charge is 0.162 e. The number of fused-ring (bicyclic) bond motifs is 2. The first-order valence-electron chi connectivity index (χ1n) is 10.5. The van der Waals surface area contributed by atoms with E-state index in [-0.39, 0.29) is 6.04 Å². The molecular weight excluding hydrogens is 386 g/mol. The third kappa shape index (κ3) is 2.97. The highest BCUT2D eigenvalue weighted by Gasteiger charge is 2.24. The van der Waals surface area contributed by atoms with Crippen LogP contribution in [-0.2, 0) is 7.05 Å². The number of nitrogens with zero attached hydrogens (tertiary/aromatic N) is 5. The van der Waals surface area contributed by atoms with Crippen molar-refractivity contribution in [2.75, 3.05) is 18.0 Å². The Hall–Kier alpha value is -3.71. The fourth-order valence-corrected chi connectivity index (χ4v) is 4.55. The van der Waals surface area contributed by atoms with Crippen LogP contribution in [0.25, 0.3) is 44.5 Å². The summed E-state index contributed by atoms with van der Waals surface area (Å²) in [6, 6.07) is 16.8. The van der Waals surface area contributed by atoms with Crippen LogP contribution in [0.2, 0.25) is 0 Å². The zero-order valence-electron chi connectivity index (χ0n) is 17.3. The monoisotopic (exact) mass is 409 g/mol. The van der Waals surface area contributed by atoms with Crippen LogP contribution in [0.5, 0.6) is 0 Å². The number of hydrogen-bond donors (Lipinski definition) is 2. The van der Waals surface area contributed by atoms with E-state index >= 15 is 0 Å². The van der Waals surface area contributed by atoms with E-state index in [9.17, 15) is 0 Å². The number of benzene rings is 2. The molecule has 0 amide bonds. The van der Waals surface area contributed by atoms with E-state index in [2.05, 4.69) is 51.4 Å². The van der Waals surface area contributed by atoms with Gasteiger partial charge in [0, 0.05) is 66.0 Å². The van der Waals surface area contributed by atoms with Crippen molar-refractivity contribution in [3.63, 3.8) is 0 Å². The molecule has 0 unspecified atom stereocenters. The lowest BCUT2D eigenvalue weighted by Gasteiger charge is -2.20. The summed E-state index contributed by atoms with van der Waals surface area (Å²) in [4.78, 5) is 15.6. The van der Waals surface area contributed by atoms with Gasteiger partial charge in [0.25, 0.3) is 0 Å². The van der Waals surface area contributed by atoms with E-state index < -0.39 is 0 Å². The Morgan fingerprint density at radius 1 is 1.06 bits per heavy atom. The molecule has 5 aromatic rings. The number of hydrogen-bond acceptors (Lipinski definition) is 5. The first-order chi connectivity index (χ1) is 15.2. The van der Waals surface area contributed by atoms with Gasteiger partial charge < -0.3 is 15.6 Å². The standard InChI is InChI=1S/C24H23N7/c1-30-22(8-11-27-30)15-5-6-21-19(13-15)24(31-12-9-16(25)14-31)29-23(28-21)18-3-2-4-20-17(18)7-10-26-20/h2-8,10-11,13,16,26H,9,12,14,25H2,1H3/t16-/m0/s1. The first-order valence-corrected chi connectivity index (χ1v) is 10.5. The van der Waals surface area contributed by atoms with Crippen molar-refractivity contribution in [1.82, 2.24) is 24.7 Å². The highest BCUT2D eigenvalue weighted by molar-refractivity contribution is 5.98. The number of aromatic amines is 1. The molecule has 1 fully saturated rings. The van der Waals surface area contributed by atoms with Crippen molar-refractivity contribution in [2.24, 2.45) is 12.8 Å². The number of aromatic nitrogens is 5. The summed E-state index contributed by atoms with van der Waals surface area (Å²) in [6.45, 7) is 1.70. The largest absolute Gasteiger partial charge is 0.361 e. The maximum Gasteiger partial charge on any atom is 0.162 e. The lowest BCUT2D eigenvalue weighted by molar-refractivity contribution is 0.751. The van der Waals surface area contributed by atoms with Gasteiger partial charge in [0.15, 0.2) is 5.82 Å². The molecule has 1 aliphatic rings. The Balaban J connectivity index is 1.59. The zero-order chi connectivity index (χ0) is 20.9. The average Bonchev–Trinajstić information content (AvgIpc) is 3.53. The summed E-state index contributed by atoms with van der Waals surface area (Å²) in [6.07, 6.45) is 4.74. The summed E-state index contributed by atoms with van der Waals surface area (Å²) in [5, 5.41) is 6.48. The van der Waals surface area contributed by atoms with E-state index in [0.717, 1.165) is 69.8 Å². The first kappa shape index (κ1) is 18.1. The van der Waals surface area contributed by atoms with E-state index in [1.165, 1.54) is 0 Å². The molecule has 0 aliphatic carbocycles. The molecule has 0 spiro atoms. The van der Waals surface area contributed by atoms with Crippen LogP contribution in [0.3, 0.4) is 0 Å². The Bertz CT molecular complexity index is 1410. The maximum atomic E-state index is 6.24. The molecule has 0 saturated carbocycles. The molecule has 1 aliphatic heterocycles. The van der Waals surface area contributed by atoms with Crippen LogP contribution < -0.4 is 10.6 Å². The van der Waals surface area contributed by atoms with Crippen molar-refractivity contribution in [3.05, 3.63) is 60.9 Å². The lowest BCUT2D eigenvalue weighted by atomic mass is 10.1. The predicted molar refractivity (Wildman–Crippen MR) is 124 cm³/mol. The van der Waals surface area contributed by atoms with E-state index in [1.807, 2.05) is 36.3 Å². The number of rotatable bonds is 3. The molecule has 31 heavy (non-hydrogen) atoms. The van der Waals surface area contributed by atoms with Gasteiger partial charge in [-0.15, -0.1) is 0 Å². The van der Waals surface area contributed by atoms with Crippen LogP contribution >= 0.6 is 0 Å². The normalized spacial score (nSPS) is 16.6. The van der Waals surface area contributed by atoms with Gasteiger partial charge in [0.2, 0.25) is 0 Å². The number of nitrogens with two attached hydrogens (primary N) is 1. The molecule has 0 radical (unpaired) electrons. The third-order valence-corrected chi connectivity index (χ3v) is 6.15. The van der Waals surface area contributed by atoms with Crippen molar-refractivity contribution in [3.8, 4) is 22.6 Å². The van der Waals surface area contributed by atoms with E-state index in [1.54, 1.807) is 0 Å². The van der Waals surface area contributed by atoms with Crippen molar-refractivity contribution in [2.45, 2.75) is 12.5 Å². The number of H-pyrrole nitrogens is 1. The summed E-state index contributed by atoms with van der Waals surface area (Å²) in [5.41, 5.74) is 11.4. The second kappa shape index (κ2) is 6.92. The van der Waals surface area contributed by atoms with Crippen LogP contribution in [-0.4, -0.2) is 43.9 Å². The third-order valence-electron chi connectivity index (χ3n) is 6.15. The topological polar surface area (TPSA) is 88.7 Å². The van der Waals surface area contributed by atoms with Gasteiger partial charge in [-0.05, 0) is 36.8 Å². The van der Waals surface area contributed by atoms with E-state index in [4.69, 9.17) is 15.7 Å². The molecule has 1 saturated heterocycles. The number of aryl methyl sites for hydroxylation is 1. The molecule has 3 aromatic heterocycles. The van der Waals surface area contributed by atoms with Gasteiger partial charge >= 0.3 is 0 Å². The Morgan fingerprint density at radius 2 is 2.00 bits per heavy atom. The van der Waals surface area contributed by atoms with Gasteiger partial charge in [0.05, 0.1) is 11.2 Å². The van der Waals surface area contributed by atoms with Gasteiger partial charge in [-0.1, -0.05) is 18.2 Å². The molecule has 3 N–H and O–H groups in total. The minimum atomic E-state index is 0.168. The minimum Gasteiger partial charge on any atom is -0.361 e. The molecule has 0 bridgehead atoms. The zero-order valence-corrected chi connectivity index (χ0v) is 17.3. The molecule has 7 nitrogen and oxygen atoms in total. The fraction of sp³-hybridized carbons (Fsp3) is 0.208. The van der Waals surface area contributed by atoms with Gasteiger partial charge in [-0.25, -0.2) is 9.97 Å². The Kier molecular flexibility index (Phi) is 4.04. The maximum absolute atomic E-state index is 6.24. The van der Waals surface area contributed by atoms with E-state index in [0.29, 0.717) is 0 Å². The second-order valence-electron chi connectivity index (χ2n) is 8.18. The fourth-order valence-electron chi connectivity index (χ4n) is 4.55. The van der Waals surface area contributed by atoms with Crippen LogP contribution in [0.15, 0.2) is 60.9 Å². The predicted octanol–water partition coefficient (Wildman–Crippen LogP) is 3.72. The quantitative estimate of drug-likeness (QED) is 0.474. The molecule has 2 aromatic carbocycles. The van der Waals surface area contributed by atoms with Gasteiger partial charge in [-0.2, -0.15) is 5.10 Å². The van der Waals surface area contributed by atoms with Crippen molar-refractivity contribution < 1.29 is 0 Å². The minimum absolute atomic E-state index is 0.168. The van der Waals surface area contributed by atoms with Crippen molar-refractivity contribution in [1.29, 1.82) is 0 Å². The molecule has 154 valence electrons. The summed E-state index contributed by atoms with van der Waals surface area (Å²) >= 11 is 0. The lowest BCUT2D eigenvalue weighted by Crippen LogP contribution is -2.27.